The van der Waals surface area contributed by atoms with Gasteiger partial charge in [0.25, 0.3) is 5.88 Å². The van der Waals surface area contributed by atoms with Gasteiger partial charge < -0.3 is 13.9 Å². The van der Waals surface area contributed by atoms with Gasteiger partial charge in [-0.2, -0.15) is 10.4 Å². The van der Waals surface area contributed by atoms with Crippen molar-refractivity contribution in [1.29, 1.82) is 5.26 Å². The second kappa shape index (κ2) is 7.66. The zero-order chi connectivity index (χ0) is 16.7. The lowest BCUT2D eigenvalue weighted by Gasteiger charge is -2.09. The number of rotatable bonds is 7. The van der Waals surface area contributed by atoms with E-state index in [4.69, 9.17) is 19.2 Å². The van der Waals surface area contributed by atoms with Gasteiger partial charge in [-0.3, -0.25) is 0 Å². The first kappa shape index (κ1) is 16.1. The zero-order valence-corrected chi connectivity index (χ0v) is 12.9. The molecule has 2 aromatic rings. The SMILES string of the molecule is C=CCOc1ccc(/C=N/Nc2oc(C)nc2C#N)cc1OC. The van der Waals surface area contributed by atoms with Gasteiger partial charge in [0.1, 0.15) is 12.7 Å². The van der Waals surface area contributed by atoms with Gasteiger partial charge in [0.2, 0.25) is 5.69 Å². The zero-order valence-electron chi connectivity index (χ0n) is 12.9. The Morgan fingerprint density at radius 2 is 2.30 bits per heavy atom. The standard InChI is InChI=1S/C16H16N4O3/c1-4-7-22-14-6-5-12(8-15(14)21-3)10-18-20-16-13(9-17)19-11(2)23-16/h4-6,8,10,20H,1,7H2,2-3H3/b18-10+. The number of methoxy groups -OCH3 is 1. The molecule has 1 aromatic carbocycles. The normalized spacial score (nSPS) is 10.3. The molecule has 0 spiro atoms. The van der Waals surface area contributed by atoms with Crippen LogP contribution < -0.4 is 14.9 Å². The number of nitrogens with zero attached hydrogens (tertiary/aromatic N) is 3. The minimum Gasteiger partial charge on any atom is -0.493 e. The summed E-state index contributed by atoms with van der Waals surface area (Å²) in [6, 6.07) is 7.31. The highest BCUT2D eigenvalue weighted by molar-refractivity contribution is 5.81. The first-order valence-corrected chi connectivity index (χ1v) is 6.76. The lowest BCUT2D eigenvalue weighted by molar-refractivity contribution is 0.326. The molecule has 118 valence electrons. The molecule has 23 heavy (non-hydrogen) atoms. The Morgan fingerprint density at radius 3 is 3.00 bits per heavy atom. The van der Waals surface area contributed by atoms with E-state index in [1.54, 1.807) is 38.5 Å². The van der Waals surface area contributed by atoms with Crippen molar-refractivity contribution >= 4 is 12.1 Å². The van der Waals surface area contributed by atoms with E-state index in [0.29, 0.717) is 24.0 Å². The van der Waals surface area contributed by atoms with Crippen molar-refractivity contribution in [2.24, 2.45) is 5.10 Å². The van der Waals surface area contributed by atoms with Crippen LogP contribution in [0.5, 0.6) is 11.5 Å². The number of aryl methyl sites for hydroxylation is 1. The first-order chi connectivity index (χ1) is 11.2. The van der Waals surface area contributed by atoms with Crippen LogP contribution in [-0.4, -0.2) is 24.9 Å². The quantitative estimate of drug-likeness (QED) is 0.480. The van der Waals surface area contributed by atoms with E-state index < -0.39 is 0 Å². The number of oxazole rings is 1. The molecule has 7 heteroatoms. The maximum atomic E-state index is 8.92. The molecule has 0 saturated carbocycles. The van der Waals surface area contributed by atoms with Crippen molar-refractivity contribution in [1.82, 2.24) is 4.98 Å². The molecule has 0 aliphatic rings. The van der Waals surface area contributed by atoms with Crippen LogP contribution in [0.4, 0.5) is 5.88 Å². The fourth-order valence-corrected chi connectivity index (χ4v) is 1.78. The van der Waals surface area contributed by atoms with Gasteiger partial charge in [0.05, 0.1) is 13.3 Å². The Labute approximate surface area is 133 Å². The number of nitrogens with one attached hydrogen (secondary N) is 1. The lowest BCUT2D eigenvalue weighted by Crippen LogP contribution is -1.97. The number of nitriles is 1. The summed E-state index contributed by atoms with van der Waals surface area (Å²) in [7, 11) is 1.56. The van der Waals surface area contributed by atoms with E-state index in [1.807, 2.05) is 12.1 Å². The molecule has 0 unspecified atom stereocenters. The van der Waals surface area contributed by atoms with Crippen molar-refractivity contribution in [2.45, 2.75) is 6.92 Å². The van der Waals surface area contributed by atoms with E-state index in [1.165, 1.54) is 0 Å². The predicted molar refractivity (Wildman–Crippen MR) is 85.9 cm³/mol. The molecular weight excluding hydrogens is 296 g/mol. The maximum Gasteiger partial charge on any atom is 0.252 e. The van der Waals surface area contributed by atoms with Crippen molar-refractivity contribution in [3.05, 3.63) is 48.0 Å². The molecule has 0 bridgehead atoms. The predicted octanol–water partition coefficient (Wildman–Crippen LogP) is 2.87. The molecule has 7 nitrogen and oxygen atoms in total. The molecule has 1 aromatic heterocycles. The minimum atomic E-state index is 0.158. The fraction of sp³-hybridized carbons (Fsp3) is 0.188. The Balaban J connectivity index is 2.10. The van der Waals surface area contributed by atoms with Crippen molar-refractivity contribution in [3.63, 3.8) is 0 Å². The van der Waals surface area contributed by atoms with Gasteiger partial charge in [-0.05, 0) is 23.8 Å². The average Bonchev–Trinajstić information content (AvgIpc) is 2.93. The molecule has 0 aliphatic heterocycles. The molecule has 0 saturated heterocycles. The number of anilines is 1. The number of hydrogen-bond donors (Lipinski definition) is 1. The van der Waals surface area contributed by atoms with E-state index >= 15 is 0 Å². The van der Waals surface area contributed by atoms with Crippen molar-refractivity contribution in [2.75, 3.05) is 19.1 Å². The Kier molecular flexibility index (Phi) is 5.36. The summed E-state index contributed by atoms with van der Waals surface area (Å²) in [6.07, 6.45) is 3.23. The molecular formula is C16H16N4O3. The van der Waals surface area contributed by atoms with Gasteiger partial charge in [-0.15, -0.1) is 0 Å². The maximum absolute atomic E-state index is 8.92. The second-order valence-electron chi connectivity index (χ2n) is 4.40. The minimum absolute atomic E-state index is 0.158. The molecule has 0 atom stereocenters. The Morgan fingerprint density at radius 1 is 1.48 bits per heavy atom. The Hall–Kier alpha value is -3.27. The summed E-state index contributed by atoms with van der Waals surface area (Å²) in [5.74, 6) is 1.81. The van der Waals surface area contributed by atoms with Gasteiger partial charge in [0, 0.05) is 6.92 Å². The Bertz CT molecular complexity index is 759. The first-order valence-electron chi connectivity index (χ1n) is 6.76. The third-order valence-corrected chi connectivity index (χ3v) is 2.76. The van der Waals surface area contributed by atoms with Crippen LogP contribution in [0.3, 0.4) is 0 Å². The highest BCUT2D eigenvalue weighted by Crippen LogP contribution is 2.27. The van der Waals surface area contributed by atoms with Crippen molar-refractivity contribution < 1.29 is 13.9 Å². The van der Waals surface area contributed by atoms with E-state index in [9.17, 15) is 0 Å². The summed E-state index contributed by atoms with van der Waals surface area (Å²) in [4.78, 5) is 3.91. The molecule has 0 amide bonds. The number of hydrogen-bond acceptors (Lipinski definition) is 7. The van der Waals surface area contributed by atoms with E-state index in [0.717, 1.165) is 5.56 Å². The smallest absolute Gasteiger partial charge is 0.252 e. The molecule has 0 fully saturated rings. The fourth-order valence-electron chi connectivity index (χ4n) is 1.78. The molecule has 0 aliphatic carbocycles. The monoisotopic (exact) mass is 312 g/mol. The number of hydrazone groups is 1. The molecule has 2 rings (SSSR count). The number of ether oxygens (including phenoxy) is 2. The van der Waals surface area contributed by atoms with Gasteiger partial charge in [-0.25, -0.2) is 10.4 Å². The van der Waals surface area contributed by atoms with Gasteiger partial charge >= 0.3 is 0 Å². The summed E-state index contributed by atoms with van der Waals surface area (Å²) < 4.78 is 16.0. The van der Waals surface area contributed by atoms with Crippen molar-refractivity contribution in [3.8, 4) is 17.6 Å². The summed E-state index contributed by atoms with van der Waals surface area (Å²) in [5, 5.41) is 12.9. The highest BCUT2D eigenvalue weighted by Gasteiger charge is 2.09. The van der Waals surface area contributed by atoms with Crippen LogP contribution in [-0.2, 0) is 0 Å². The third kappa shape index (κ3) is 4.11. The highest BCUT2D eigenvalue weighted by atomic mass is 16.5. The van der Waals surface area contributed by atoms with Crippen LogP contribution in [0.1, 0.15) is 17.1 Å². The van der Waals surface area contributed by atoms with Gasteiger partial charge in [0.15, 0.2) is 17.4 Å². The molecule has 1 heterocycles. The largest absolute Gasteiger partial charge is 0.493 e. The average molecular weight is 312 g/mol. The van der Waals surface area contributed by atoms with Gasteiger partial charge in [-0.1, -0.05) is 12.7 Å². The summed E-state index contributed by atoms with van der Waals surface area (Å²) >= 11 is 0. The van der Waals surface area contributed by atoms with E-state index in [-0.39, 0.29) is 11.6 Å². The number of benzene rings is 1. The van der Waals surface area contributed by atoms with Crippen LogP contribution in [0.15, 0.2) is 40.4 Å². The summed E-state index contributed by atoms with van der Waals surface area (Å²) in [6.45, 7) is 5.65. The third-order valence-electron chi connectivity index (χ3n) is 2.76. The number of aromatic nitrogens is 1. The second-order valence-corrected chi connectivity index (χ2v) is 4.40. The van der Waals surface area contributed by atoms with E-state index in [2.05, 4.69) is 22.1 Å². The lowest BCUT2D eigenvalue weighted by atomic mass is 10.2. The van der Waals surface area contributed by atoms with Crippen LogP contribution in [0.25, 0.3) is 0 Å². The van der Waals surface area contributed by atoms with Crippen LogP contribution in [0, 0.1) is 18.3 Å². The van der Waals surface area contributed by atoms with Crippen LogP contribution >= 0.6 is 0 Å². The molecule has 1 N–H and O–H groups in total. The molecule has 0 radical (unpaired) electrons. The topological polar surface area (TPSA) is 92.7 Å². The van der Waals surface area contributed by atoms with Crippen LogP contribution in [0.2, 0.25) is 0 Å². The summed E-state index contributed by atoms with van der Waals surface area (Å²) in [5.41, 5.74) is 3.60.